The molecular weight excluding hydrogens is 329 g/mol. The van der Waals surface area contributed by atoms with Crippen LogP contribution in [0.15, 0.2) is 42.5 Å². The van der Waals surface area contributed by atoms with Crippen molar-refractivity contribution in [1.82, 2.24) is 5.32 Å². The van der Waals surface area contributed by atoms with Crippen molar-refractivity contribution < 1.29 is 18.0 Å². The van der Waals surface area contributed by atoms with Crippen LogP contribution in [0.5, 0.6) is 0 Å². The highest BCUT2D eigenvalue weighted by molar-refractivity contribution is 5.85. The van der Waals surface area contributed by atoms with E-state index in [9.17, 15) is 18.0 Å². The third-order valence-electron chi connectivity index (χ3n) is 3.38. The molecule has 2 aromatic carbocycles. The average Bonchev–Trinajstić information content (AvgIpc) is 2.49. The Morgan fingerprint density at radius 2 is 1.78 bits per heavy atom. The normalized spacial score (nSPS) is 12.5. The molecular formula is C16H18ClF3N2O. The van der Waals surface area contributed by atoms with Gasteiger partial charge in [0.25, 0.3) is 0 Å². The fourth-order valence-corrected chi connectivity index (χ4v) is 2.22. The van der Waals surface area contributed by atoms with Gasteiger partial charge >= 0.3 is 6.18 Å². The van der Waals surface area contributed by atoms with E-state index in [1.807, 2.05) is 42.5 Å². The number of hydrogen-bond donors (Lipinski definition) is 2. The summed E-state index contributed by atoms with van der Waals surface area (Å²) in [4.78, 5) is 11.6. The van der Waals surface area contributed by atoms with Crippen LogP contribution in [-0.4, -0.2) is 18.6 Å². The van der Waals surface area contributed by atoms with E-state index in [0.29, 0.717) is 0 Å². The van der Waals surface area contributed by atoms with Gasteiger partial charge in [-0.25, -0.2) is 0 Å². The van der Waals surface area contributed by atoms with Crippen LogP contribution in [-0.2, 0) is 4.79 Å². The highest BCUT2D eigenvalue weighted by atomic mass is 35.5. The first-order valence-electron chi connectivity index (χ1n) is 6.94. The van der Waals surface area contributed by atoms with Crippen LogP contribution in [0.25, 0.3) is 10.8 Å². The Kier molecular flexibility index (Phi) is 6.84. The molecule has 0 radical (unpaired) electrons. The summed E-state index contributed by atoms with van der Waals surface area (Å²) in [6.07, 6.45) is -6.06. The van der Waals surface area contributed by atoms with Gasteiger partial charge in [0, 0.05) is 13.0 Å². The molecule has 0 heterocycles. The van der Waals surface area contributed by atoms with Crippen molar-refractivity contribution in [2.75, 3.05) is 6.54 Å². The molecule has 0 aliphatic rings. The predicted molar refractivity (Wildman–Crippen MR) is 86.4 cm³/mol. The van der Waals surface area contributed by atoms with Crippen molar-refractivity contribution in [2.24, 2.45) is 5.73 Å². The minimum Gasteiger partial charge on any atom is -0.348 e. The van der Waals surface area contributed by atoms with E-state index in [1.165, 1.54) is 0 Å². The Bertz CT molecular complexity index is 661. The van der Waals surface area contributed by atoms with E-state index in [0.717, 1.165) is 16.3 Å². The summed E-state index contributed by atoms with van der Waals surface area (Å²) in [5.41, 5.74) is 6.42. The fourth-order valence-electron chi connectivity index (χ4n) is 2.22. The smallest absolute Gasteiger partial charge is 0.348 e. The Labute approximate surface area is 138 Å². The van der Waals surface area contributed by atoms with E-state index in [1.54, 1.807) is 0 Å². The van der Waals surface area contributed by atoms with Gasteiger partial charge in [0.1, 0.15) is 0 Å². The van der Waals surface area contributed by atoms with Gasteiger partial charge < -0.3 is 11.1 Å². The topological polar surface area (TPSA) is 55.1 Å². The van der Waals surface area contributed by atoms with Crippen LogP contribution in [0.1, 0.15) is 24.4 Å². The van der Waals surface area contributed by atoms with Gasteiger partial charge in [-0.15, -0.1) is 12.4 Å². The molecule has 126 valence electrons. The lowest BCUT2D eigenvalue weighted by Crippen LogP contribution is -2.33. The van der Waals surface area contributed by atoms with Gasteiger partial charge in [0.05, 0.1) is 12.5 Å². The van der Waals surface area contributed by atoms with Crippen LogP contribution in [0, 0.1) is 0 Å². The molecule has 0 saturated carbocycles. The molecule has 0 spiro atoms. The molecule has 1 atom stereocenters. The lowest BCUT2D eigenvalue weighted by atomic mass is 10.0. The highest BCUT2D eigenvalue weighted by Crippen LogP contribution is 2.23. The van der Waals surface area contributed by atoms with Crippen molar-refractivity contribution in [3.63, 3.8) is 0 Å². The van der Waals surface area contributed by atoms with E-state index >= 15 is 0 Å². The number of benzene rings is 2. The first-order valence-corrected chi connectivity index (χ1v) is 6.94. The fraction of sp³-hybridized carbons (Fsp3) is 0.312. The Morgan fingerprint density at radius 3 is 2.39 bits per heavy atom. The number of halogens is 4. The number of hydrogen-bond acceptors (Lipinski definition) is 2. The second kappa shape index (κ2) is 8.17. The lowest BCUT2D eigenvalue weighted by Gasteiger charge is -2.18. The van der Waals surface area contributed by atoms with E-state index < -0.39 is 31.0 Å². The summed E-state index contributed by atoms with van der Waals surface area (Å²) in [7, 11) is 0. The zero-order chi connectivity index (χ0) is 16.2. The Balaban J connectivity index is 0.00000264. The molecule has 7 heteroatoms. The van der Waals surface area contributed by atoms with Crippen LogP contribution >= 0.6 is 12.4 Å². The molecule has 2 rings (SSSR count). The van der Waals surface area contributed by atoms with Crippen molar-refractivity contribution in [1.29, 1.82) is 0 Å². The molecule has 0 fully saturated rings. The molecule has 3 N–H and O–H groups in total. The van der Waals surface area contributed by atoms with Crippen molar-refractivity contribution in [3.8, 4) is 0 Å². The van der Waals surface area contributed by atoms with Crippen molar-refractivity contribution in [2.45, 2.75) is 25.1 Å². The van der Waals surface area contributed by atoms with Crippen LogP contribution in [0.2, 0.25) is 0 Å². The number of carbonyl (C=O) groups excluding carboxylic acids is 1. The highest BCUT2D eigenvalue weighted by Gasteiger charge is 2.28. The minimum absolute atomic E-state index is 0. The summed E-state index contributed by atoms with van der Waals surface area (Å²) in [6, 6.07) is 12.8. The molecule has 0 aliphatic carbocycles. The Morgan fingerprint density at radius 1 is 1.13 bits per heavy atom. The minimum atomic E-state index is -4.33. The van der Waals surface area contributed by atoms with Gasteiger partial charge in [-0.3, -0.25) is 4.79 Å². The number of nitrogens with two attached hydrogens (primary N) is 1. The molecule has 0 saturated heterocycles. The van der Waals surface area contributed by atoms with E-state index in [4.69, 9.17) is 5.73 Å². The standard InChI is InChI=1S/C16H17F3N2O.ClH/c17-16(18,19)8-7-15(22)21-14(10-20)13-6-5-11-3-1-2-4-12(11)9-13;/h1-6,9,14H,7-8,10,20H2,(H,21,22);1H. The van der Waals surface area contributed by atoms with Gasteiger partial charge in [0.15, 0.2) is 0 Å². The quantitative estimate of drug-likeness (QED) is 0.867. The molecule has 3 nitrogen and oxygen atoms in total. The first-order chi connectivity index (χ1) is 10.4. The zero-order valence-electron chi connectivity index (χ0n) is 12.3. The number of nitrogens with one attached hydrogen (secondary N) is 1. The molecule has 0 aliphatic heterocycles. The average molecular weight is 347 g/mol. The third kappa shape index (κ3) is 5.73. The summed E-state index contributed by atoms with van der Waals surface area (Å²) in [5.74, 6) is -0.652. The molecule has 23 heavy (non-hydrogen) atoms. The molecule has 0 bridgehead atoms. The Hall–Kier alpha value is -1.79. The molecule has 2 aromatic rings. The SMILES string of the molecule is Cl.NCC(NC(=O)CCC(F)(F)F)c1ccc2ccccc2c1. The molecule has 1 amide bonds. The van der Waals surface area contributed by atoms with Gasteiger partial charge in [-0.1, -0.05) is 36.4 Å². The predicted octanol–water partition coefficient (Wildman–Crippen LogP) is 3.72. The van der Waals surface area contributed by atoms with Gasteiger partial charge in [0.2, 0.25) is 5.91 Å². The summed E-state index contributed by atoms with van der Waals surface area (Å²) in [6.45, 7) is 0.121. The van der Waals surface area contributed by atoms with Gasteiger partial charge in [-0.2, -0.15) is 13.2 Å². The second-order valence-electron chi connectivity index (χ2n) is 5.08. The first kappa shape index (κ1) is 19.3. The monoisotopic (exact) mass is 346 g/mol. The molecule has 0 aromatic heterocycles. The summed E-state index contributed by atoms with van der Waals surface area (Å²) >= 11 is 0. The zero-order valence-corrected chi connectivity index (χ0v) is 13.1. The maximum absolute atomic E-state index is 12.1. The van der Waals surface area contributed by atoms with Crippen molar-refractivity contribution in [3.05, 3.63) is 48.0 Å². The summed E-state index contributed by atoms with van der Waals surface area (Å²) in [5, 5.41) is 4.59. The van der Waals surface area contributed by atoms with Gasteiger partial charge in [-0.05, 0) is 22.4 Å². The number of fused-ring (bicyclic) bond motifs is 1. The largest absolute Gasteiger partial charge is 0.389 e. The third-order valence-corrected chi connectivity index (χ3v) is 3.38. The van der Waals surface area contributed by atoms with E-state index in [2.05, 4.69) is 5.32 Å². The van der Waals surface area contributed by atoms with Crippen LogP contribution < -0.4 is 11.1 Å². The lowest BCUT2D eigenvalue weighted by molar-refractivity contribution is -0.144. The number of amides is 1. The van der Waals surface area contributed by atoms with Crippen molar-refractivity contribution >= 4 is 29.1 Å². The van der Waals surface area contributed by atoms with Crippen LogP contribution in [0.4, 0.5) is 13.2 Å². The maximum Gasteiger partial charge on any atom is 0.389 e. The number of rotatable bonds is 5. The number of alkyl halides is 3. The molecule has 1 unspecified atom stereocenters. The summed E-state index contributed by atoms with van der Waals surface area (Å²) < 4.78 is 36.4. The van der Waals surface area contributed by atoms with E-state index in [-0.39, 0.29) is 19.0 Å². The number of carbonyl (C=O) groups is 1. The van der Waals surface area contributed by atoms with Crippen LogP contribution in [0.3, 0.4) is 0 Å². The maximum atomic E-state index is 12.1. The second-order valence-corrected chi connectivity index (χ2v) is 5.08.